The molecule has 0 saturated carbocycles. The number of hydrogen-bond acceptors (Lipinski definition) is 7. The number of aromatic nitrogens is 4. The number of nitrogens with zero attached hydrogens (tertiary/aromatic N) is 4. The maximum atomic E-state index is 13.2. The average molecular weight is 476 g/mol. The Hall–Kier alpha value is -3.56. The number of fused-ring (bicyclic) bond motifs is 1. The summed E-state index contributed by atoms with van der Waals surface area (Å²) < 4.78 is 7.07. The number of amides is 1. The van der Waals surface area contributed by atoms with Gasteiger partial charge in [-0.2, -0.15) is 5.10 Å². The van der Waals surface area contributed by atoms with Crippen molar-refractivity contribution in [2.75, 3.05) is 12.4 Å². The normalized spacial score (nSPS) is 11.1. The summed E-state index contributed by atoms with van der Waals surface area (Å²) in [6.07, 6.45) is 1.71. The predicted octanol–water partition coefficient (Wildman–Crippen LogP) is 5.54. The molecule has 0 unspecified atom stereocenters. The number of carbonyl (C=O) groups excluding carboxylic acids is 1. The van der Waals surface area contributed by atoms with E-state index in [2.05, 4.69) is 26.4 Å². The third-order valence-corrected chi connectivity index (χ3v) is 7.00. The number of nitrogens with one attached hydrogen (secondary N) is 1. The fourth-order valence-corrected chi connectivity index (χ4v) is 5.17. The Bertz CT molecular complexity index is 1440. The van der Waals surface area contributed by atoms with Gasteiger partial charge in [0, 0.05) is 21.0 Å². The lowest BCUT2D eigenvalue weighted by Crippen LogP contribution is -2.13. The van der Waals surface area contributed by atoms with Gasteiger partial charge in [0.25, 0.3) is 5.91 Å². The molecule has 0 aliphatic heterocycles. The van der Waals surface area contributed by atoms with Crippen LogP contribution in [0.3, 0.4) is 0 Å². The Labute approximate surface area is 198 Å². The molecule has 166 valence electrons. The summed E-state index contributed by atoms with van der Waals surface area (Å²) in [5, 5.41) is 10.8. The van der Waals surface area contributed by atoms with E-state index >= 15 is 0 Å². The van der Waals surface area contributed by atoms with Crippen molar-refractivity contribution >= 4 is 44.7 Å². The topological polar surface area (TPSA) is 81.9 Å². The molecule has 0 spiro atoms. The Morgan fingerprint density at radius 1 is 1.15 bits per heavy atom. The summed E-state index contributed by atoms with van der Waals surface area (Å²) in [7, 11) is 1.64. The molecule has 0 atom stereocenters. The first-order valence-electron chi connectivity index (χ1n) is 10.3. The average Bonchev–Trinajstić information content (AvgIpc) is 3.55. The summed E-state index contributed by atoms with van der Waals surface area (Å²) in [4.78, 5) is 24.7. The van der Waals surface area contributed by atoms with Gasteiger partial charge in [0.2, 0.25) is 0 Å². The molecule has 33 heavy (non-hydrogen) atoms. The third-order valence-electron chi connectivity index (χ3n) is 5.25. The molecular formula is C24H21N5O2S2. The molecule has 1 amide bonds. The molecule has 0 saturated heterocycles. The fraction of sp³-hybridized carbons (Fsp3) is 0.167. The number of thiophene rings is 1. The summed E-state index contributed by atoms with van der Waals surface area (Å²) in [5.41, 5.74) is 3.81. The van der Waals surface area contributed by atoms with Crippen LogP contribution in [0.4, 0.5) is 5.13 Å². The van der Waals surface area contributed by atoms with E-state index in [1.54, 1.807) is 30.7 Å². The van der Waals surface area contributed by atoms with Gasteiger partial charge in [-0.25, -0.2) is 14.6 Å². The lowest BCUT2D eigenvalue weighted by atomic mass is 10.1. The minimum Gasteiger partial charge on any atom is -0.497 e. The maximum Gasteiger partial charge on any atom is 0.258 e. The van der Waals surface area contributed by atoms with Crippen molar-refractivity contribution in [3.8, 4) is 17.0 Å². The second kappa shape index (κ2) is 8.76. The Kier molecular flexibility index (Phi) is 5.65. The van der Waals surface area contributed by atoms with Crippen LogP contribution in [0.15, 0.2) is 54.0 Å². The zero-order chi connectivity index (χ0) is 22.9. The lowest BCUT2D eigenvalue weighted by molar-refractivity contribution is 0.102. The minimum atomic E-state index is -0.226. The van der Waals surface area contributed by atoms with Gasteiger partial charge in [-0.05, 0) is 55.6 Å². The van der Waals surface area contributed by atoms with E-state index in [1.165, 1.54) is 16.2 Å². The number of thiazole rings is 1. The first-order chi connectivity index (χ1) is 16.0. The zero-order valence-electron chi connectivity index (χ0n) is 18.3. The molecule has 0 aliphatic carbocycles. The SMILES string of the molecule is COc1ccc(-c2nc(NC(=O)c3cc(C)nc4c3cnn4Cc3cccs3)sc2C)cc1. The number of hydrogen-bond donors (Lipinski definition) is 1. The van der Waals surface area contributed by atoms with Gasteiger partial charge in [-0.3, -0.25) is 10.1 Å². The van der Waals surface area contributed by atoms with Crippen molar-refractivity contribution in [1.82, 2.24) is 19.7 Å². The summed E-state index contributed by atoms with van der Waals surface area (Å²) in [6, 6.07) is 13.6. The quantitative estimate of drug-likeness (QED) is 0.349. The van der Waals surface area contributed by atoms with Gasteiger partial charge in [0.1, 0.15) is 5.75 Å². The molecular weight excluding hydrogens is 454 g/mol. The largest absolute Gasteiger partial charge is 0.497 e. The van der Waals surface area contributed by atoms with Crippen LogP contribution in [-0.2, 0) is 6.54 Å². The van der Waals surface area contributed by atoms with Gasteiger partial charge in [0.15, 0.2) is 10.8 Å². The van der Waals surface area contributed by atoms with Crippen molar-refractivity contribution in [1.29, 1.82) is 0 Å². The monoisotopic (exact) mass is 475 g/mol. The number of benzene rings is 1. The molecule has 5 aromatic rings. The molecule has 0 radical (unpaired) electrons. The van der Waals surface area contributed by atoms with E-state index in [9.17, 15) is 4.79 Å². The second-order valence-electron chi connectivity index (χ2n) is 7.54. The highest BCUT2D eigenvalue weighted by atomic mass is 32.1. The molecule has 0 bridgehead atoms. The van der Waals surface area contributed by atoms with Crippen LogP contribution in [0.25, 0.3) is 22.3 Å². The van der Waals surface area contributed by atoms with Gasteiger partial charge in [0.05, 0.1) is 36.5 Å². The molecule has 5 rings (SSSR count). The molecule has 0 aliphatic rings. The minimum absolute atomic E-state index is 0.226. The number of pyridine rings is 1. The number of anilines is 1. The molecule has 7 nitrogen and oxygen atoms in total. The lowest BCUT2D eigenvalue weighted by Gasteiger charge is -2.06. The summed E-state index contributed by atoms with van der Waals surface area (Å²) >= 11 is 3.12. The van der Waals surface area contributed by atoms with Crippen LogP contribution < -0.4 is 10.1 Å². The number of carbonyl (C=O) groups is 1. The highest BCUT2D eigenvalue weighted by Gasteiger charge is 2.18. The van der Waals surface area contributed by atoms with Gasteiger partial charge >= 0.3 is 0 Å². The smallest absolute Gasteiger partial charge is 0.258 e. The highest BCUT2D eigenvalue weighted by molar-refractivity contribution is 7.16. The van der Waals surface area contributed by atoms with Gasteiger partial charge < -0.3 is 4.74 Å². The van der Waals surface area contributed by atoms with Gasteiger partial charge in [-0.15, -0.1) is 22.7 Å². The van der Waals surface area contributed by atoms with Crippen molar-refractivity contribution in [2.24, 2.45) is 0 Å². The Balaban J connectivity index is 1.43. The van der Waals surface area contributed by atoms with E-state index in [0.717, 1.165) is 33.0 Å². The number of ether oxygens (including phenoxy) is 1. The molecule has 9 heteroatoms. The van der Waals surface area contributed by atoms with Crippen LogP contribution in [0.1, 0.15) is 25.8 Å². The second-order valence-corrected chi connectivity index (χ2v) is 9.77. The number of aryl methyl sites for hydroxylation is 2. The molecule has 4 heterocycles. The Morgan fingerprint density at radius 3 is 2.70 bits per heavy atom. The number of methoxy groups -OCH3 is 1. The molecule has 1 N–H and O–H groups in total. The van der Waals surface area contributed by atoms with Gasteiger partial charge in [-0.1, -0.05) is 6.07 Å². The summed E-state index contributed by atoms with van der Waals surface area (Å²) in [5.74, 6) is 0.563. The van der Waals surface area contributed by atoms with Crippen molar-refractivity contribution in [2.45, 2.75) is 20.4 Å². The van der Waals surface area contributed by atoms with Crippen molar-refractivity contribution in [3.63, 3.8) is 0 Å². The standard InChI is InChI=1S/C24H21N5O2S2/c1-14-11-19(20-12-25-29(22(20)26-14)13-18-5-4-10-32-18)23(30)28-24-27-21(15(2)33-24)16-6-8-17(31-3)9-7-16/h4-12H,13H2,1-3H3,(H,27,28,30). The van der Waals surface area contributed by atoms with E-state index in [0.29, 0.717) is 22.9 Å². The highest BCUT2D eigenvalue weighted by Crippen LogP contribution is 2.32. The van der Waals surface area contributed by atoms with Crippen LogP contribution >= 0.6 is 22.7 Å². The number of rotatable bonds is 6. The summed E-state index contributed by atoms with van der Waals surface area (Å²) in [6.45, 7) is 4.50. The van der Waals surface area contributed by atoms with E-state index < -0.39 is 0 Å². The van der Waals surface area contributed by atoms with Crippen LogP contribution in [0, 0.1) is 13.8 Å². The predicted molar refractivity (Wildman–Crippen MR) is 132 cm³/mol. The van der Waals surface area contributed by atoms with E-state index in [-0.39, 0.29) is 5.91 Å². The Morgan fingerprint density at radius 2 is 1.97 bits per heavy atom. The van der Waals surface area contributed by atoms with E-state index in [4.69, 9.17) is 4.74 Å². The first-order valence-corrected chi connectivity index (χ1v) is 12.0. The maximum absolute atomic E-state index is 13.2. The molecule has 4 aromatic heterocycles. The molecule has 1 aromatic carbocycles. The molecule has 0 fully saturated rings. The van der Waals surface area contributed by atoms with Crippen LogP contribution in [0.5, 0.6) is 5.75 Å². The zero-order valence-corrected chi connectivity index (χ0v) is 20.0. The third kappa shape index (κ3) is 4.24. The fourth-order valence-electron chi connectivity index (χ4n) is 3.66. The van der Waals surface area contributed by atoms with E-state index in [1.807, 2.05) is 54.2 Å². The van der Waals surface area contributed by atoms with Crippen molar-refractivity contribution in [3.05, 3.63) is 75.1 Å². The van der Waals surface area contributed by atoms with Crippen LogP contribution in [0.2, 0.25) is 0 Å². The van der Waals surface area contributed by atoms with Crippen LogP contribution in [-0.4, -0.2) is 32.8 Å². The van der Waals surface area contributed by atoms with Crippen molar-refractivity contribution < 1.29 is 9.53 Å². The first kappa shape index (κ1) is 21.3.